The van der Waals surface area contributed by atoms with Crippen molar-refractivity contribution in [3.05, 3.63) is 0 Å². The zero-order valence-electron chi connectivity index (χ0n) is 13.7. The molecule has 0 bridgehead atoms. The number of hydrogen-bond donors (Lipinski definition) is 1. The summed E-state index contributed by atoms with van der Waals surface area (Å²) in [6.07, 6.45) is 0. The fourth-order valence-corrected chi connectivity index (χ4v) is 2.65. The van der Waals surface area contributed by atoms with Crippen LogP contribution in [-0.2, 0) is 4.79 Å². The Morgan fingerprint density at radius 1 is 1.05 bits per heavy atom. The van der Waals surface area contributed by atoms with Gasteiger partial charge in [-0.2, -0.15) is 0 Å². The molecule has 0 aromatic heterocycles. The summed E-state index contributed by atoms with van der Waals surface area (Å²) in [6, 6.07) is -0.143. The van der Waals surface area contributed by atoms with Crippen molar-refractivity contribution < 1.29 is 14.7 Å². The van der Waals surface area contributed by atoms with E-state index >= 15 is 0 Å². The summed E-state index contributed by atoms with van der Waals surface area (Å²) in [6.45, 7) is 12.8. The minimum atomic E-state index is -0.956. The number of amides is 2. The van der Waals surface area contributed by atoms with Gasteiger partial charge in [0, 0.05) is 39.3 Å². The van der Waals surface area contributed by atoms with E-state index in [0.717, 1.165) is 19.6 Å². The Morgan fingerprint density at radius 2 is 1.62 bits per heavy atom. The number of rotatable bonds is 6. The van der Waals surface area contributed by atoms with Crippen molar-refractivity contribution in [2.24, 2.45) is 11.8 Å². The molecule has 0 unspecified atom stereocenters. The van der Waals surface area contributed by atoms with Gasteiger partial charge in [0.2, 0.25) is 0 Å². The summed E-state index contributed by atoms with van der Waals surface area (Å²) < 4.78 is 0. The lowest BCUT2D eigenvalue weighted by molar-refractivity contribution is -0.137. The molecule has 122 valence electrons. The molecule has 1 rings (SSSR count). The molecule has 1 fully saturated rings. The Bertz CT molecular complexity index is 350. The first kappa shape index (κ1) is 17.8. The van der Waals surface area contributed by atoms with E-state index in [1.165, 1.54) is 4.90 Å². The third-order valence-electron chi connectivity index (χ3n) is 3.45. The van der Waals surface area contributed by atoms with E-state index < -0.39 is 5.97 Å². The zero-order chi connectivity index (χ0) is 16.0. The van der Waals surface area contributed by atoms with E-state index in [1.807, 2.05) is 13.8 Å². The van der Waals surface area contributed by atoms with Crippen LogP contribution in [0.1, 0.15) is 27.7 Å². The Morgan fingerprint density at radius 3 is 2.05 bits per heavy atom. The fraction of sp³-hybridized carbons (Fsp3) is 0.867. The Kier molecular flexibility index (Phi) is 6.95. The van der Waals surface area contributed by atoms with Gasteiger partial charge in [0.15, 0.2) is 0 Å². The minimum Gasteiger partial charge on any atom is -0.480 e. The first-order valence-corrected chi connectivity index (χ1v) is 7.77. The van der Waals surface area contributed by atoms with Gasteiger partial charge in [-0.25, -0.2) is 4.79 Å². The molecule has 1 aliphatic rings. The topological polar surface area (TPSA) is 64.1 Å². The van der Waals surface area contributed by atoms with Gasteiger partial charge in [0.1, 0.15) is 6.54 Å². The highest BCUT2D eigenvalue weighted by Crippen LogP contribution is 2.09. The van der Waals surface area contributed by atoms with Crippen LogP contribution in [0.2, 0.25) is 0 Å². The molecule has 1 heterocycles. The van der Waals surface area contributed by atoms with Crippen LogP contribution in [0.15, 0.2) is 0 Å². The van der Waals surface area contributed by atoms with Crippen LogP contribution in [0.5, 0.6) is 0 Å². The van der Waals surface area contributed by atoms with Crippen LogP contribution < -0.4 is 0 Å². The van der Waals surface area contributed by atoms with Crippen molar-refractivity contribution in [2.75, 3.05) is 45.8 Å². The predicted octanol–water partition coefficient (Wildman–Crippen LogP) is 1.42. The number of carboxylic acid groups (broad SMARTS) is 1. The average Bonchev–Trinajstić information content (AvgIpc) is 2.36. The standard InChI is InChI=1S/C15H29N3O3/c1-12(2)9-16-5-7-17(8-6-16)15(21)18(10-13(3)4)11-14(19)20/h12-13H,5-11H2,1-4H3,(H,19,20). The first-order chi connectivity index (χ1) is 9.79. The monoisotopic (exact) mass is 299 g/mol. The molecular weight excluding hydrogens is 270 g/mol. The maximum absolute atomic E-state index is 12.5. The van der Waals surface area contributed by atoms with Gasteiger partial charge >= 0.3 is 12.0 Å². The Balaban J connectivity index is 2.54. The van der Waals surface area contributed by atoms with E-state index in [-0.39, 0.29) is 18.5 Å². The molecule has 0 aromatic rings. The summed E-state index contributed by atoms with van der Waals surface area (Å²) in [5.41, 5.74) is 0. The third-order valence-corrected chi connectivity index (χ3v) is 3.45. The molecule has 1 saturated heterocycles. The zero-order valence-corrected chi connectivity index (χ0v) is 13.7. The highest BCUT2D eigenvalue weighted by Gasteiger charge is 2.26. The van der Waals surface area contributed by atoms with Crippen LogP contribution in [0.3, 0.4) is 0 Å². The molecule has 6 heteroatoms. The number of urea groups is 1. The number of aliphatic carboxylic acids is 1. The first-order valence-electron chi connectivity index (χ1n) is 7.77. The number of nitrogens with zero attached hydrogens (tertiary/aromatic N) is 3. The number of carbonyl (C=O) groups excluding carboxylic acids is 1. The molecule has 0 radical (unpaired) electrons. The highest BCUT2D eigenvalue weighted by atomic mass is 16.4. The lowest BCUT2D eigenvalue weighted by atomic mass is 10.2. The van der Waals surface area contributed by atoms with E-state index in [2.05, 4.69) is 18.7 Å². The second-order valence-electron chi connectivity index (χ2n) is 6.63. The van der Waals surface area contributed by atoms with Crippen LogP contribution in [0.25, 0.3) is 0 Å². The maximum atomic E-state index is 12.5. The van der Waals surface area contributed by atoms with E-state index in [1.54, 1.807) is 4.90 Å². The lowest BCUT2D eigenvalue weighted by Gasteiger charge is -2.38. The second kappa shape index (κ2) is 8.22. The van der Waals surface area contributed by atoms with Crippen LogP contribution in [0.4, 0.5) is 4.79 Å². The number of hydrogen-bond acceptors (Lipinski definition) is 3. The molecule has 1 N–H and O–H groups in total. The number of carboxylic acids is 1. The number of carbonyl (C=O) groups is 2. The van der Waals surface area contributed by atoms with Gasteiger partial charge in [-0.15, -0.1) is 0 Å². The quantitative estimate of drug-likeness (QED) is 0.806. The summed E-state index contributed by atoms with van der Waals surface area (Å²) in [7, 11) is 0. The molecule has 1 aliphatic heterocycles. The van der Waals surface area contributed by atoms with Crippen LogP contribution in [-0.4, -0.2) is 77.6 Å². The minimum absolute atomic E-state index is 0.143. The lowest BCUT2D eigenvalue weighted by Crippen LogP contribution is -2.54. The summed E-state index contributed by atoms with van der Waals surface area (Å²) >= 11 is 0. The van der Waals surface area contributed by atoms with E-state index in [0.29, 0.717) is 25.6 Å². The Labute approximate surface area is 127 Å². The third kappa shape index (κ3) is 6.33. The smallest absolute Gasteiger partial charge is 0.323 e. The maximum Gasteiger partial charge on any atom is 0.323 e. The highest BCUT2D eigenvalue weighted by molar-refractivity contribution is 5.80. The predicted molar refractivity (Wildman–Crippen MR) is 82.3 cm³/mol. The van der Waals surface area contributed by atoms with Crippen LogP contribution >= 0.6 is 0 Å². The molecule has 0 aromatic carbocycles. The number of piperazine rings is 1. The molecular formula is C15H29N3O3. The summed E-state index contributed by atoms with van der Waals surface area (Å²) in [4.78, 5) is 29.0. The van der Waals surface area contributed by atoms with Gasteiger partial charge in [-0.05, 0) is 11.8 Å². The van der Waals surface area contributed by atoms with Crippen molar-refractivity contribution in [1.82, 2.24) is 14.7 Å². The van der Waals surface area contributed by atoms with E-state index in [4.69, 9.17) is 5.11 Å². The molecule has 21 heavy (non-hydrogen) atoms. The van der Waals surface area contributed by atoms with Gasteiger partial charge in [-0.1, -0.05) is 27.7 Å². The molecule has 0 spiro atoms. The molecule has 2 amide bonds. The van der Waals surface area contributed by atoms with Crippen LogP contribution in [0, 0.1) is 11.8 Å². The van der Waals surface area contributed by atoms with Crippen molar-refractivity contribution >= 4 is 12.0 Å². The Hall–Kier alpha value is -1.30. The molecule has 6 nitrogen and oxygen atoms in total. The van der Waals surface area contributed by atoms with Gasteiger partial charge in [0.05, 0.1) is 0 Å². The molecule has 0 atom stereocenters. The normalized spacial score (nSPS) is 16.6. The van der Waals surface area contributed by atoms with Crippen molar-refractivity contribution in [2.45, 2.75) is 27.7 Å². The second-order valence-corrected chi connectivity index (χ2v) is 6.63. The van der Waals surface area contributed by atoms with Crippen molar-refractivity contribution in [1.29, 1.82) is 0 Å². The largest absolute Gasteiger partial charge is 0.480 e. The van der Waals surface area contributed by atoms with Gasteiger partial charge in [-0.3, -0.25) is 9.69 Å². The van der Waals surface area contributed by atoms with Crippen molar-refractivity contribution in [3.8, 4) is 0 Å². The van der Waals surface area contributed by atoms with Gasteiger partial charge in [0.25, 0.3) is 0 Å². The van der Waals surface area contributed by atoms with E-state index in [9.17, 15) is 9.59 Å². The van der Waals surface area contributed by atoms with Gasteiger partial charge < -0.3 is 14.9 Å². The SMILES string of the molecule is CC(C)CN1CCN(C(=O)N(CC(=O)O)CC(C)C)CC1. The van der Waals surface area contributed by atoms with Crippen molar-refractivity contribution in [3.63, 3.8) is 0 Å². The summed E-state index contributed by atoms with van der Waals surface area (Å²) in [5, 5.41) is 8.96. The fourth-order valence-electron chi connectivity index (χ4n) is 2.65. The average molecular weight is 299 g/mol. The molecule has 0 aliphatic carbocycles. The molecule has 0 saturated carbocycles. The summed E-state index contributed by atoms with van der Waals surface area (Å²) in [5.74, 6) is -0.0744.